The Kier molecular flexibility index (Phi) is 3.62. The van der Waals surface area contributed by atoms with Crippen molar-refractivity contribution in [2.75, 3.05) is 5.75 Å². The summed E-state index contributed by atoms with van der Waals surface area (Å²) in [7, 11) is -3.51. The second kappa shape index (κ2) is 4.92. The molecule has 0 atom stereocenters. The van der Waals surface area contributed by atoms with Gasteiger partial charge in [-0.25, -0.2) is 18.2 Å². The quantitative estimate of drug-likeness (QED) is 0.894. The average molecular weight is 283 g/mol. The van der Waals surface area contributed by atoms with Crippen molar-refractivity contribution in [3.05, 3.63) is 23.4 Å². The van der Waals surface area contributed by atoms with Crippen molar-refractivity contribution in [2.45, 2.75) is 37.6 Å². The van der Waals surface area contributed by atoms with Gasteiger partial charge in [-0.3, -0.25) is 0 Å². The van der Waals surface area contributed by atoms with Gasteiger partial charge in [0.25, 0.3) is 0 Å². The van der Waals surface area contributed by atoms with Crippen molar-refractivity contribution in [3.8, 4) is 0 Å². The lowest BCUT2D eigenvalue weighted by Gasteiger charge is -2.09. The third kappa shape index (κ3) is 3.12. The molecular formula is C13H17NO4S. The second-order valence-electron chi connectivity index (χ2n) is 5.34. The predicted molar refractivity (Wildman–Crippen MR) is 70.1 cm³/mol. The maximum Gasteiger partial charge on any atom is 0.354 e. The van der Waals surface area contributed by atoms with Crippen LogP contribution in [0.4, 0.5) is 0 Å². The van der Waals surface area contributed by atoms with E-state index in [4.69, 9.17) is 5.11 Å². The van der Waals surface area contributed by atoms with Gasteiger partial charge in [0.2, 0.25) is 0 Å². The highest BCUT2D eigenvalue weighted by Crippen LogP contribution is 2.41. The Balaban J connectivity index is 2.43. The lowest BCUT2D eigenvalue weighted by molar-refractivity contribution is 0.0688. The van der Waals surface area contributed by atoms with Crippen LogP contribution in [0, 0.1) is 5.92 Å². The SMILES string of the molecule is CC(C)CS(=O)(=O)c1ccc(C2CC2)c(C(=O)O)n1. The summed E-state index contributed by atoms with van der Waals surface area (Å²) < 4.78 is 24.1. The molecule has 0 unspecified atom stereocenters. The van der Waals surface area contributed by atoms with E-state index in [1.807, 2.05) is 0 Å². The van der Waals surface area contributed by atoms with Crippen molar-refractivity contribution in [2.24, 2.45) is 5.92 Å². The van der Waals surface area contributed by atoms with Crippen LogP contribution in [0.2, 0.25) is 0 Å². The zero-order valence-corrected chi connectivity index (χ0v) is 11.8. The molecule has 1 N–H and O–H groups in total. The number of carbonyl (C=O) groups is 1. The number of aromatic nitrogens is 1. The van der Waals surface area contributed by atoms with E-state index in [1.165, 1.54) is 6.07 Å². The van der Waals surface area contributed by atoms with Crippen LogP contribution < -0.4 is 0 Å². The summed E-state index contributed by atoms with van der Waals surface area (Å²) in [5.41, 5.74) is 0.531. The summed E-state index contributed by atoms with van der Waals surface area (Å²) in [6.45, 7) is 3.60. The van der Waals surface area contributed by atoms with Crippen LogP contribution in [0.3, 0.4) is 0 Å². The van der Waals surface area contributed by atoms with Crippen LogP contribution in [0.1, 0.15) is 48.7 Å². The van der Waals surface area contributed by atoms with E-state index < -0.39 is 15.8 Å². The standard InChI is InChI=1S/C13H17NO4S/c1-8(2)7-19(17,18)11-6-5-10(9-3-4-9)12(14-11)13(15)16/h5-6,8-9H,3-4,7H2,1-2H3,(H,15,16). The first-order chi connectivity index (χ1) is 8.81. The van der Waals surface area contributed by atoms with E-state index in [-0.39, 0.29) is 28.3 Å². The van der Waals surface area contributed by atoms with Gasteiger partial charge in [0.05, 0.1) is 5.75 Å². The molecular weight excluding hydrogens is 266 g/mol. The van der Waals surface area contributed by atoms with E-state index in [2.05, 4.69) is 4.98 Å². The summed E-state index contributed by atoms with van der Waals surface area (Å²) in [6.07, 6.45) is 1.89. The lowest BCUT2D eigenvalue weighted by atomic mass is 10.1. The van der Waals surface area contributed by atoms with Gasteiger partial charge in [0, 0.05) is 0 Å². The van der Waals surface area contributed by atoms with Crippen LogP contribution in [0.15, 0.2) is 17.2 Å². The Hall–Kier alpha value is -1.43. The summed E-state index contributed by atoms with van der Waals surface area (Å²) in [6, 6.07) is 3.03. The molecule has 1 aliphatic rings. The Morgan fingerprint density at radius 2 is 2.05 bits per heavy atom. The second-order valence-corrected chi connectivity index (χ2v) is 7.32. The van der Waals surface area contributed by atoms with Gasteiger partial charge >= 0.3 is 5.97 Å². The maximum absolute atomic E-state index is 12.1. The molecule has 2 rings (SSSR count). The van der Waals surface area contributed by atoms with Crippen LogP contribution in [0.5, 0.6) is 0 Å². The minimum absolute atomic E-state index is 0.0248. The number of aromatic carboxylic acids is 1. The third-order valence-electron chi connectivity index (χ3n) is 2.99. The number of nitrogens with zero attached hydrogens (tertiary/aromatic N) is 1. The van der Waals surface area contributed by atoms with Gasteiger partial charge in [0.1, 0.15) is 0 Å². The van der Waals surface area contributed by atoms with Gasteiger partial charge < -0.3 is 5.11 Å². The van der Waals surface area contributed by atoms with Gasteiger partial charge in [-0.15, -0.1) is 0 Å². The van der Waals surface area contributed by atoms with E-state index in [0.29, 0.717) is 5.56 Å². The zero-order valence-electron chi connectivity index (χ0n) is 11.0. The molecule has 1 aliphatic carbocycles. The summed E-state index contributed by atoms with van der Waals surface area (Å²) in [5.74, 6) is -0.992. The van der Waals surface area contributed by atoms with Crippen LogP contribution in [-0.2, 0) is 9.84 Å². The molecule has 19 heavy (non-hydrogen) atoms. The number of rotatable bonds is 5. The van der Waals surface area contributed by atoms with Crippen molar-refractivity contribution in [1.82, 2.24) is 4.98 Å². The summed E-state index contributed by atoms with van der Waals surface area (Å²) >= 11 is 0. The van der Waals surface area contributed by atoms with Crippen LogP contribution in [-0.4, -0.2) is 30.2 Å². The van der Waals surface area contributed by atoms with Crippen molar-refractivity contribution in [3.63, 3.8) is 0 Å². The molecule has 1 aromatic rings. The maximum atomic E-state index is 12.1. The van der Waals surface area contributed by atoms with E-state index in [1.54, 1.807) is 19.9 Å². The van der Waals surface area contributed by atoms with Gasteiger partial charge in [0.15, 0.2) is 20.6 Å². The summed E-state index contributed by atoms with van der Waals surface area (Å²) in [4.78, 5) is 15.1. The molecule has 0 saturated heterocycles. The molecule has 0 spiro atoms. The van der Waals surface area contributed by atoms with Crippen molar-refractivity contribution in [1.29, 1.82) is 0 Å². The molecule has 1 heterocycles. The molecule has 0 amide bonds. The zero-order chi connectivity index (χ0) is 14.2. The highest BCUT2D eigenvalue weighted by molar-refractivity contribution is 7.91. The molecule has 1 aromatic heterocycles. The normalized spacial score (nSPS) is 15.7. The van der Waals surface area contributed by atoms with E-state index in [0.717, 1.165) is 12.8 Å². The van der Waals surface area contributed by atoms with Crippen LogP contribution >= 0.6 is 0 Å². The highest BCUT2D eigenvalue weighted by Gasteiger charge is 2.30. The largest absolute Gasteiger partial charge is 0.477 e. The molecule has 0 aliphatic heterocycles. The minimum Gasteiger partial charge on any atom is -0.477 e. The Morgan fingerprint density at radius 3 is 2.53 bits per heavy atom. The van der Waals surface area contributed by atoms with E-state index >= 15 is 0 Å². The first-order valence-electron chi connectivity index (χ1n) is 6.28. The molecule has 0 bridgehead atoms. The number of hydrogen-bond acceptors (Lipinski definition) is 4. The highest BCUT2D eigenvalue weighted by atomic mass is 32.2. The molecule has 6 heteroatoms. The Bertz CT molecular complexity index is 603. The topological polar surface area (TPSA) is 84.3 Å². The van der Waals surface area contributed by atoms with Crippen LogP contribution in [0.25, 0.3) is 0 Å². The molecule has 1 saturated carbocycles. The number of hydrogen-bond donors (Lipinski definition) is 1. The molecule has 5 nitrogen and oxygen atoms in total. The number of carboxylic acid groups (broad SMARTS) is 1. The van der Waals surface area contributed by atoms with E-state index in [9.17, 15) is 13.2 Å². The van der Waals surface area contributed by atoms with Crippen molar-refractivity contribution < 1.29 is 18.3 Å². The first kappa shape index (κ1) is 14.0. The molecule has 104 valence electrons. The Labute approximate surface area is 112 Å². The lowest BCUT2D eigenvalue weighted by Crippen LogP contribution is -2.16. The van der Waals surface area contributed by atoms with Gasteiger partial charge in [-0.2, -0.15) is 0 Å². The smallest absolute Gasteiger partial charge is 0.354 e. The monoisotopic (exact) mass is 283 g/mol. The molecule has 0 radical (unpaired) electrons. The van der Waals surface area contributed by atoms with Gasteiger partial charge in [-0.1, -0.05) is 19.9 Å². The molecule has 1 fully saturated rings. The van der Waals surface area contributed by atoms with Gasteiger partial charge in [-0.05, 0) is 36.3 Å². The fourth-order valence-electron chi connectivity index (χ4n) is 2.04. The fourth-order valence-corrected chi connectivity index (χ4v) is 3.60. The first-order valence-corrected chi connectivity index (χ1v) is 7.93. The number of pyridine rings is 1. The predicted octanol–water partition coefficient (Wildman–Crippen LogP) is 2.09. The van der Waals surface area contributed by atoms with Crippen molar-refractivity contribution >= 4 is 15.8 Å². The third-order valence-corrected chi connectivity index (χ3v) is 4.96. The number of carboxylic acids is 1. The minimum atomic E-state index is -3.51. The summed E-state index contributed by atoms with van der Waals surface area (Å²) in [5, 5.41) is 9.02. The fraction of sp³-hybridized carbons (Fsp3) is 0.538. The average Bonchev–Trinajstić information content (AvgIpc) is 3.10. The Morgan fingerprint density at radius 1 is 1.42 bits per heavy atom. The molecule has 0 aromatic carbocycles. The number of sulfone groups is 1.